The number of rotatable bonds is 2. The summed E-state index contributed by atoms with van der Waals surface area (Å²) in [6, 6.07) is 5.33. The molecule has 1 aromatic heterocycles. The first-order valence-electron chi connectivity index (χ1n) is 5.39. The fraction of sp³-hybridized carbons (Fsp3) is 0.0833. The minimum Gasteiger partial charge on any atom is -0.439 e. The Bertz CT molecular complexity index is 724. The van der Waals surface area contributed by atoms with Gasteiger partial charge in [-0.1, -0.05) is 0 Å². The zero-order chi connectivity index (χ0) is 15.6. The molecule has 9 heteroatoms. The smallest absolute Gasteiger partial charge is 0.433 e. The summed E-state index contributed by atoms with van der Waals surface area (Å²) in [4.78, 5) is 6.51. The van der Waals surface area contributed by atoms with Crippen molar-refractivity contribution in [2.75, 3.05) is 5.73 Å². The zero-order valence-corrected chi connectivity index (χ0v) is 10.1. The number of nitriles is 1. The fourth-order valence-corrected chi connectivity index (χ4v) is 1.41. The number of alkyl halides is 3. The molecule has 0 aliphatic rings. The van der Waals surface area contributed by atoms with Crippen LogP contribution in [0.3, 0.4) is 0 Å². The van der Waals surface area contributed by atoms with Gasteiger partial charge in [0, 0.05) is 12.1 Å². The van der Waals surface area contributed by atoms with Crippen LogP contribution in [0, 0.1) is 17.1 Å². The van der Waals surface area contributed by atoms with E-state index in [1.165, 1.54) is 6.07 Å². The van der Waals surface area contributed by atoms with Crippen LogP contribution in [0.5, 0.6) is 11.6 Å². The number of benzene rings is 1. The lowest BCUT2D eigenvalue weighted by molar-refractivity contribution is -0.141. The van der Waals surface area contributed by atoms with Crippen molar-refractivity contribution < 1.29 is 22.3 Å². The van der Waals surface area contributed by atoms with E-state index in [1.807, 2.05) is 0 Å². The van der Waals surface area contributed by atoms with Crippen LogP contribution in [0.4, 0.5) is 23.5 Å². The van der Waals surface area contributed by atoms with E-state index in [0.717, 1.165) is 12.1 Å². The summed E-state index contributed by atoms with van der Waals surface area (Å²) in [5.41, 5.74) is 3.67. The van der Waals surface area contributed by atoms with Gasteiger partial charge in [-0.15, -0.1) is 0 Å². The molecule has 0 atom stereocenters. The Labute approximate surface area is 115 Å². The molecular weight excluding hydrogens is 292 g/mol. The molecule has 1 heterocycles. The Morgan fingerprint density at radius 1 is 1.19 bits per heavy atom. The molecule has 5 nitrogen and oxygen atoms in total. The normalized spacial score (nSPS) is 11.0. The first-order valence-corrected chi connectivity index (χ1v) is 5.39. The van der Waals surface area contributed by atoms with Crippen molar-refractivity contribution in [3.05, 3.63) is 41.3 Å². The summed E-state index contributed by atoms with van der Waals surface area (Å²) < 4.78 is 56.0. The summed E-state index contributed by atoms with van der Waals surface area (Å²) in [6.45, 7) is 0. The summed E-state index contributed by atoms with van der Waals surface area (Å²) in [6.07, 6.45) is -4.72. The van der Waals surface area contributed by atoms with Gasteiger partial charge in [-0.05, 0) is 12.1 Å². The predicted octanol–water partition coefficient (Wildman–Crippen LogP) is 2.88. The zero-order valence-electron chi connectivity index (χ0n) is 10.1. The average molecular weight is 298 g/mol. The van der Waals surface area contributed by atoms with Crippen molar-refractivity contribution in [2.24, 2.45) is 0 Å². The molecule has 0 amide bonds. The first-order chi connectivity index (χ1) is 9.79. The van der Waals surface area contributed by atoms with Crippen molar-refractivity contribution in [3.63, 3.8) is 0 Å². The number of halogens is 4. The Kier molecular flexibility index (Phi) is 3.62. The summed E-state index contributed by atoms with van der Waals surface area (Å²) in [5.74, 6) is -2.11. The van der Waals surface area contributed by atoms with Crippen molar-refractivity contribution in [3.8, 4) is 17.7 Å². The monoisotopic (exact) mass is 298 g/mol. The second kappa shape index (κ2) is 5.24. The van der Waals surface area contributed by atoms with Crippen molar-refractivity contribution in [1.82, 2.24) is 9.97 Å². The van der Waals surface area contributed by atoms with Gasteiger partial charge in [0.15, 0.2) is 5.69 Å². The van der Waals surface area contributed by atoms with Gasteiger partial charge in [-0.25, -0.2) is 9.37 Å². The van der Waals surface area contributed by atoms with E-state index in [4.69, 9.17) is 15.7 Å². The minimum atomic E-state index is -4.72. The molecule has 0 fully saturated rings. The number of aromatic nitrogens is 2. The number of hydrogen-bond donors (Lipinski definition) is 1. The molecule has 0 aliphatic heterocycles. The lowest BCUT2D eigenvalue weighted by atomic mass is 10.2. The summed E-state index contributed by atoms with van der Waals surface area (Å²) >= 11 is 0. The maximum atomic E-state index is 13.4. The first kappa shape index (κ1) is 14.5. The molecule has 0 aliphatic carbocycles. The van der Waals surface area contributed by atoms with Crippen LogP contribution in [-0.2, 0) is 6.18 Å². The molecule has 0 bridgehead atoms. The van der Waals surface area contributed by atoms with Gasteiger partial charge in [0.1, 0.15) is 17.6 Å². The van der Waals surface area contributed by atoms with Crippen molar-refractivity contribution in [1.29, 1.82) is 5.26 Å². The molecule has 2 rings (SSSR count). The molecule has 108 valence electrons. The SMILES string of the molecule is N#Cc1ccc(Oc2cc(C(F)(F)F)nc(N)n2)cc1F. The Morgan fingerprint density at radius 3 is 2.48 bits per heavy atom. The molecule has 0 saturated carbocycles. The van der Waals surface area contributed by atoms with E-state index in [-0.39, 0.29) is 11.3 Å². The second-order valence-electron chi connectivity index (χ2n) is 3.80. The van der Waals surface area contributed by atoms with Crippen molar-refractivity contribution >= 4 is 5.95 Å². The van der Waals surface area contributed by atoms with Gasteiger partial charge >= 0.3 is 6.18 Å². The predicted molar refractivity (Wildman–Crippen MR) is 62.6 cm³/mol. The van der Waals surface area contributed by atoms with Crippen LogP contribution in [0.2, 0.25) is 0 Å². The van der Waals surface area contributed by atoms with Crippen LogP contribution in [0.25, 0.3) is 0 Å². The van der Waals surface area contributed by atoms with Crippen LogP contribution >= 0.6 is 0 Å². The van der Waals surface area contributed by atoms with Gasteiger partial charge in [-0.3, -0.25) is 0 Å². The maximum absolute atomic E-state index is 13.4. The molecule has 21 heavy (non-hydrogen) atoms. The molecule has 0 unspecified atom stereocenters. The maximum Gasteiger partial charge on any atom is 0.433 e. The third-order valence-electron chi connectivity index (χ3n) is 2.29. The second-order valence-corrected chi connectivity index (χ2v) is 3.80. The Balaban J connectivity index is 2.34. The lowest BCUT2D eigenvalue weighted by Gasteiger charge is -2.09. The highest BCUT2D eigenvalue weighted by Gasteiger charge is 2.33. The van der Waals surface area contributed by atoms with E-state index in [2.05, 4.69) is 9.97 Å². The number of nitrogen functional groups attached to an aromatic ring is 1. The molecular formula is C12H6F4N4O. The van der Waals surface area contributed by atoms with Crippen LogP contribution in [-0.4, -0.2) is 9.97 Å². The van der Waals surface area contributed by atoms with E-state index in [0.29, 0.717) is 6.07 Å². The Hall–Kier alpha value is -2.89. The fourth-order valence-electron chi connectivity index (χ4n) is 1.41. The Morgan fingerprint density at radius 2 is 1.90 bits per heavy atom. The molecule has 0 radical (unpaired) electrons. The van der Waals surface area contributed by atoms with E-state index >= 15 is 0 Å². The third kappa shape index (κ3) is 3.36. The summed E-state index contributed by atoms with van der Waals surface area (Å²) in [5, 5.41) is 8.57. The number of nitrogens with zero attached hydrogens (tertiary/aromatic N) is 3. The van der Waals surface area contributed by atoms with Gasteiger partial charge in [-0.2, -0.15) is 23.4 Å². The third-order valence-corrected chi connectivity index (χ3v) is 2.29. The van der Waals surface area contributed by atoms with E-state index in [9.17, 15) is 17.6 Å². The number of nitrogens with two attached hydrogens (primary N) is 1. The molecule has 2 aromatic rings. The largest absolute Gasteiger partial charge is 0.439 e. The highest BCUT2D eigenvalue weighted by Crippen LogP contribution is 2.31. The van der Waals surface area contributed by atoms with Crippen LogP contribution < -0.4 is 10.5 Å². The van der Waals surface area contributed by atoms with Gasteiger partial charge in [0.2, 0.25) is 11.8 Å². The average Bonchev–Trinajstić information content (AvgIpc) is 2.37. The lowest BCUT2D eigenvalue weighted by Crippen LogP contribution is -2.11. The number of ether oxygens (including phenoxy) is 1. The van der Waals surface area contributed by atoms with Crippen LogP contribution in [0.15, 0.2) is 24.3 Å². The molecule has 1 aromatic carbocycles. The molecule has 0 saturated heterocycles. The van der Waals surface area contributed by atoms with Gasteiger partial charge in [0.05, 0.1) is 5.56 Å². The number of anilines is 1. The van der Waals surface area contributed by atoms with Gasteiger partial charge in [0.25, 0.3) is 0 Å². The minimum absolute atomic E-state index is 0.127. The van der Waals surface area contributed by atoms with Crippen LogP contribution in [0.1, 0.15) is 11.3 Å². The van der Waals surface area contributed by atoms with E-state index < -0.39 is 29.5 Å². The summed E-state index contributed by atoms with van der Waals surface area (Å²) in [7, 11) is 0. The topological polar surface area (TPSA) is 84.8 Å². The molecule has 0 spiro atoms. The van der Waals surface area contributed by atoms with Crippen molar-refractivity contribution in [2.45, 2.75) is 6.18 Å². The highest BCUT2D eigenvalue weighted by molar-refractivity contribution is 5.38. The quantitative estimate of drug-likeness (QED) is 0.862. The number of hydrogen-bond acceptors (Lipinski definition) is 5. The standard InChI is InChI=1S/C12H6F4N4O/c13-8-3-7(2-1-6(8)5-17)21-10-4-9(12(14,15)16)19-11(18)20-10/h1-4H,(H2,18,19,20). The van der Waals surface area contributed by atoms with Gasteiger partial charge < -0.3 is 10.5 Å². The highest BCUT2D eigenvalue weighted by atomic mass is 19.4. The molecule has 2 N–H and O–H groups in total. The van der Waals surface area contributed by atoms with E-state index in [1.54, 1.807) is 6.07 Å².